The van der Waals surface area contributed by atoms with Crippen LogP contribution in [-0.2, 0) is 6.42 Å². The lowest BCUT2D eigenvalue weighted by Gasteiger charge is -2.06. The molecule has 1 aromatic heterocycles. The number of anilines is 1. The molecule has 0 atom stereocenters. The van der Waals surface area contributed by atoms with Crippen LogP contribution in [-0.4, -0.2) is 16.3 Å². The fourth-order valence-corrected chi connectivity index (χ4v) is 3.63. The molecule has 0 aliphatic carbocycles. The van der Waals surface area contributed by atoms with Crippen molar-refractivity contribution in [2.75, 3.05) is 11.9 Å². The van der Waals surface area contributed by atoms with Crippen LogP contribution in [0.4, 0.5) is 10.2 Å². The maximum absolute atomic E-state index is 13.3. The smallest absolute Gasteiger partial charge is 0.133 e. The van der Waals surface area contributed by atoms with Crippen molar-refractivity contribution in [3.63, 3.8) is 0 Å². The Morgan fingerprint density at radius 2 is 1.44 bits per heavy atom. The number of hydrogen-bond donors (Lipinski definition) is 1. The first kappa shape index (κ1) is 15.8. The van der Waals surface area contributed by atoms with Gasteiger partial charge in [-0.05, 0) is 41.8 Å². The van der Waals surface area contributed by atoms with Crippen LogP contribution in [0.1, 0.15) is 5.56 Å². The second kappa shape index (κ2) is 6.40. The molecule has 132 valence electrons. The Kier molecular flexibility index (Phi) is 3.75. The summed E-state index contributed by atoms with van der Waals surface area (Å²) in [6.45, 7) is 0.892. The molecule has 1 aliphatic heterocycles. The van der Waals surface area contributed by atoms with Crippen molar-refractivity contribution >= 4 is 5.82 Å². The maximum Gasteiger partial charge on any atom is 0.133 e. The van der Waals surface area contributed by atoms with Crippen molar-refractivity contribution in [1.29, 1.82) is 0 Å². The Labute approximate surface area is 157 Å². The van der Waals surface area contributed by atoms with E-state index in [9.17, 15) is 4.39 Å². The van der Waals surface area contributed by atoms with Crippen molar-refractivity contribution in [3.8, 4) is 28.1 Å². The Balaban J connectivity index is 1.56. The molecule has 0 saturated carbocycles. The third kappa shape index (κ3) is 2.79. The molecule has 0 radical (unpaired) electrons. The molecule has 1 N–H and O–H groups in total. The molecule has 0 spiro atoms. The fourth-order valence-electron chi connectivity index (χ4n) is 3.63. The van der Waals surface area contributed by atoms with E-state index in [2.05, 4.69) is 41.7 Å². The normalized spacial score (nSPS) is 12.6. The van der Waals surface area contributed by atoms with E-state index in [4.69, 9.17) is 5.10 Å². The van der Waals surface area contributed by atoms with Crippen LogP contribution in [0.5, 0.6) is 0 Å². The number of rotatable bonds is 3. The number of fused-ring (bicyclic) bond motifs is 1. The minimum Gasteiger partial charge on any atom is -0.369 e. The van der Waals surface area contributed by atoms with E-state index in [1.165, 1.54) is 28.8 Å². The summed E-state index contributed by atoms with van der Waals surface area (Å²) in [5.74, 6) is 0.760. The highest BCUT2D eigenvalue weighted by Crippen LogP contribution is 2.35. The van der Waals surface area contributed by atoms with Crippen molar-refractivity contribution in [2.45, 2.75) is 6.42 Å². The lowest BCUT2D eigenvalue weighted by atomic mass is 10.0. The summed E-state index contributed by atoms with van der Waals surface area (Å²) in [5, 5.41) is 8.25. The van der Waals surface area contributed by atoms with Crippen LogP contribution in [0.3, 0.4) is 0 Å². The quantitative estimate of drug-likeness (QED) is 0.539. The van der Waals surface area contributed by atoms with Gasteiger partial charge in [0, 0.05) is 17.7 Å². The predicted octanol–water partition coefficient (Wildman–Crippen LogP) is 5.31. The van der Waals surface area contributed by atoms with Crippen molar-refractivity contribution in [3.05, 3.63) is 90.2 Å². The first-order chi connectivity index (χ1) is 13.3. The second-order valence-electron chi connectivity index (χ2n) is 6.68. The standard InChI is InChI=1S/C23H18FN3/c24-19-10-12-20(13-11-19)27-23-21(14-15-25-23)22(26-27)18-8-6-17(7-9-18)16-4-2-1-3-5-16/h1-13,25H,14-15H2. The molecule has 4 aromatic rings. The predicted molar refractivity (Wildman–Crippen MR) is 107 cm³/mol. The third-order valence-corrected chi connectivity index (χ3v) is 4.99. The average molecular weight is 355 g/mol. The van der Waals surface area contributed by atoms with Gasteiger partial charge in [0.05, 0.1) is 11.4 Å². The molecule has 3 nitrogen and oxygen atoms in total. The summed E-state index contributed by atoms with van der Waals surface area (Å²) < 4.78 is 15.2. The minimum atomic E-state index is -0.243. The fraction of sp³-hybridized carbons (Fsp3) is 0.0870. The summed E-state index contributed by atoms with van der Waals surface area (Å²) in [5.41, 5.74) is 6.54. The SMILES string of the molecule is Fc1ccc(-n2nc(-c3ccc(-c4ccccc4)cc3)c3c2NCC3)cc1. The summed E-state index contributed by atoms with van der Waals surface area (Å²) in [7, 11) is 0. The van der Waals surface area contributed by atoms with E-state index in [-0.39, 0.29) is 5.82 Å². The molecule has 2 heterocycles. The van der Waals surface area contributed by atoms with Crippen molar-refractivity contribution in [1.82, 2.24) is 9.78 Å². The van der Waals surface area contributed by atoms with Gasteiger partial charge in [0.2, 0.25) is 0 Å². The Hall–Kier alpha value is -3.40. The van der Waals surface area contributed by atoms with Crippen molar-refractivity contribution in [2.24, 2.45) is 0 Å². The molecule has 0 unspecified atom stereocenters. The first-order valence-electron chi connectivity index (χ1n) is 9.07. The van der Waals surface area contributed by atoms with Gasteiger partial charge in [0.25, 0.3) is 0 Å². The van der Waals surface area contributed by atoms with Gasteiger partial charge in [0.1, 0.15) is 11.6 Å². The van der Waals surface area contributed by atoms with E-state index in [1.54, 1.807) is 12.1 Å². The van der Waals surface area contributed by atoms with Crippen molar-refractivity contribution < 1.29 is 4.39 Å². The molecule has 0 amide bonds. The zero-order chi connectivity index (χ0) is 18.2. The van der Waals surface area contributed by atoms with Crippen LogP contribution in [0, 0.1) is 5.82 Å². The van der Waals surface area contributed by atoms with Gasteiger partial charge in [0.15, 0.2) is 0 Å². The maximum atomic E-state index is 13.3. The third-order valence-electron chi connectivity index (χ3n) is 4.99. The number of aromatic nitrogens is 2. The summed E-state index contributed by atoms with van der Waals surface area (Å²) in [6, 6.07) is 25.3. The molecule has 0 fully saturated rings. The zero-order valence-corrected chi connectivity index (χ0v) is 14.7. The van der Waals surface area contributed by atoms with Gasteiger partial charge >= 0.3 is 0 Å². The molecule has 4 heteroatoms. The van der Waals surface area contributed by atoms with E-state index < -0.39 is 0 Å². The molecule has 27 heavy (non-hydrogen) atoms. The van der Waals surface area contributed by atoms with E-state index in [0.29, 0.717) is 0 Å². The van der Waals surface area contributed by atoms with Crippen LogP contribution in [0.2, 0.25) is 0 Å². The molecular formula is C23H18FN3. The topological polar surface area (TPSA) is 29.9 Å². The van der Waals surface area contributed by atoms with Gasteiger partial charge in [-0.25, -0.2) is 9.07 Å². The number of benzene rings is 3. The Morgan fingerprint density at radius 1 is 0.778 bits per heavy atom. The largest absolute Gasteiger partial charge is 0.369 e. The van der Waals surface area contributed by atoms with Crippen LogP contribution >= 0.6 is 0 Å². The highest BCUT2D eigenvalue weighted by atomic mass is 19.1. The van der Waals surface area contributed by atoms with Gasteiger partial charge in [-0.15, -0.1) is 0 Å². The Bertz CT molecular complexity index is 1080. The first-order valence-corrected chi connectivity index (χ1v) is 9.07. The summed E-state index contributed by atoms with van der Waals surface area (Å²) >= 11 is 0. The summed E-state index contributed by atoms with van der Waals surface area (Å²) in [4.78, 5) is 0. The molecule has 1 aliphatic rings. The van der Waals surface area contributed by atoms with E-state index >= 15 is 0 Å². The summed E-state index contributed by atoms with van der Waals surface area (Å²) in [6.07, 6.45) is 0.937. The van der Waals surface area contributed by atoms with Crippen LogP contribution in [0.15, 0.2) is 78.9 Å². The lowest BCUT2D eigenvalue weighted by Crippen LogP contribution is -2.04. The molecule has 3 aromatic carbocycles. The van der Waals surface area contributed by atoms with Gasteiger partial charge in [-0.1, -0.05) is 54.6 Å². The van der Waals surface area contributed by atoms with Crippen LogP contribution < -0.4 is 5.32 Å². The lowest BCUT2D eigenvalue weighted by molar-refractivity contribution is 0.627. The van der Waals surface area contributed by atoms with E-state index in [0.717, 1.165) is 35.7 Å². The second-order valence-corrected chi connectivity index (χ2v) is 6.68. The van der Waals surface area contributed by atoms with Gasteiger partial charge in [-0.3, -0.25) is 0 Å². The highest BCUT2D eigenvalue weighted by molar-refractivity contribution is 5.75. The molecular weight excluding hydrogens is 337 g/mol. The number of nitrogens with one attached hydrogen (secondary N) is 1. The number of nitrogens with zero attached hydrogens (tertiary/aromatic N) is 2. The minimum absolute atomic E-state index is 0.243. The molecule has 5 rings (SSSR count). The van der Waals surface area contributed by atoms with Gasteiger partial charge < -0.3 is 5.32 Å². The Morgan fingerprint density at radius 3 is 2.19 bits per heavy atom. The number of hydrogen-bond acceptors (Lipinski definition) is 2. The molecule has 0 saturated heterocycles. The zero-order valence-electron chi connectivity index (χ0n) is 14.7. The highest BCUT2D eigenvalue weighted by Gasteiger charge is 2.23. The van der Waals surface area contributed by atoms with Crippen LogP contribution in [0.25, 0.3) is 28.1 Å². The number of halogens is 1. The average Bonchev–Trinajstić information content (AvgIpc) is 3.33. The van der Waals surface area contributed by atoms with E-state index in [1.807, 2.05) is 22.9 Å². The monoisotopic (exact) mass is 355 g/mol. The van der Waals surface area contributed by atoms with Gasteiger partial charge in [-0.2, -0.15) is 5.10 Å². The molecule has 0 bridgehead atoms.